The number of anilines is 1. The molecule has 1 aliphatic heterocycles. The number of rotatable bonds is 4. The fourth-order valence-electron chi connectivity index (χ4n) is 3.27. The molecule has 26 heavy (non-hydrogen) atoms. The second-order valence-electron chi connectivity index (χ2n) is 6.64. The van der Waals surface area contributed by atoms with Crippen LogP contribution >= 0.6 is 0 Å². The Morgan fingerprint density at radius 1 is 1.15 bits per heavy atom. The molecule has 0 radical (unpaired) electrons. The summed E-state index contributed by atoms with van der Waals surface area (Å²) in [5.41, 5.74) is 4.15. The number of benzene rings is 2. The molecule has 0 aromatic heterocycles. The molecule has 134 valence electrons. The lowest BCUT2D eigenvalue weighted by Gasteiger charge is -2.29. The summed E-state index contributed by atoms with van der Waals surface area (Å²) in [5.74, 6) is -0.0759. The van der Waals surface area contributed by atoms with Gasteiger partial charge in [-0.1, -0.05) is 42.5 Å². The van der Waals surface area contributed by atoms with Crippen molar-refractivity contribution in [3.05, 3.63) is 71.3 Å². The Morgan fingerprint density at radius 2 is 1.92 bits per heavy atom. The summed E-state index contributed by atoms with van der Waals surface area (Å²) in [6, 6.07) is 15.7. The highest BCUT2D eigenvalue weighted by molar-refractivity contribution is 5.93. The van der Waals surface area contributed by atoms with Crippen LogP contribution in [0.15, 0.2) is 54.6 Å². The molecule has 2 aromatic carbocycles. The van der Waals surface area contributed by atoms with Gasteiger partial charge >= 0.3 is 0 Å². The SMILES string of the molecule is CC(=O)N1CCCc2ccc(C(C)NC(=O)/C=C/c3ccccc3)cc21. The quantitative estimate of drug-likeness (QED) is 0.853. The molecule has 0 saturated heterocycles. The number of hydrogen-bond donors (Lipinski definition) is 1. The van der Waals surface area contributed by atoms with Crippen molar-refractivity contribution in [1.82, 2.24) is 5.32 Å². The molecule has 4 nitrogen and oxygen atoms in total. The minimum Gasteiger partial charge on any atom is -0.346 e. The average Bonchev–Trinajstić information content (AvgIpc) is 2.66. The van der Waals surface area contributed by atoms with Crippen LogP contribution in [0.25, 0.3) is 6.08 Å². The van der Waals surface area contributed by atoms with Crippen molar-refractivity contribution in [3.8, 4) is 0 Å². The molecule has 3 rings (SSSR count). The highest BCUT2D eigenvalue weighted by atomic mass is 16.2. The van der Waals surface area contributed by atoms with Gasteiger partial charge in [0.25, 0.3) is 0 Å². The standard InChI is InChI=1S/C22H24N2O2/c1-16(23-22(26)13-10-18-7-4-3-5-8-18)20-12-11-19-9-6-14-24(17(2)25)21(19)15-20/h3-5,7-8,10-13,15-16H,6,9,14H2,1-2H3,(H,23,26)/b13-10+. The predicted octanol–water partition coefficient (Wildman–Crippen LogP) is 3.88. The summed E-state index contributed by atoms with van der Waals surface area (Å²) in [5, 5.41) is 2.99. The topological polar surface area (TPSA) is 49.4 Å². The fourth-order valence-corrected chi connectivity index (χ4v) is 3.27. The van der Waals surface area contributed by atoms with Crippen LogP contribution in [0.3, 0.4) is 0 Å². The maximum Gasteiger partial charge on any atom is 0.244 e. The number of fused-ring (bicyclic) bond motifs is 1. The molecule has 0 bridgehead atoms. The van der Waals surface area contributed by atoms with E-state index < -0.39 is 0 Å². The number of amides is 2. The Kier molecular flexibility index (Phi) is 5.52. The predicted molar refractivity (Wildman–Crippen MR) is 105 cm³/mol. The van der Waals surface area contributed by atoms with Gasteiger partial charge in [0.15, 0.2) is 0 Å². The van der Waals surface area contributed by atoms with Crippen LogP contribution in [0.5, 0.6) is 0 Å². The van der Waals surface area contributed by atoms with Gasteiger partial charge in [0, 0.05) is 25.2 Å². The first-order valence-corrected chi connectivity index (χ1v) is 8.99. The molecule has 1 unspecified atom stereocenters. The summed E-state index contributed by atoms with van der Waals surface area (Å²) in [6.45, 7) is 4.31. The number of carbonyl (C=O) groups is 2. The number of aryl methyl sites for hydroxylation is 1. The van der Waals surface area contributed by atoms with Gasteiger partial charge in [-0.3, -0.25) is 9.59 Å². The molecule has 0 fully saturated rings. The molecule has 2 aromatic rings. The highest BCUT2D eigenvalue weighted by Crippen LogP contribution is 2.30. The van der Waals surface area contributed by atoms with Gasteiger partial charge in [-0.05, 0) is 48.6 Å². The smallest absolute Gasteiger partial charge is 0.244 e. The summed E-state index contributed by atoms with van der Waals surface area (Å²) >= 11 is 0. The summed E-state index contributed by atoms with van der Waals surface area (Å²) in [6.07, 6.45) is 5.32. The Hall–Kier alpha value is -2.88. The van der Waals surface area contributed by atoms with Crippen molar-refractivity contribution < 1.29 is 9.59 Å². The summed E-state index contributed by atoms with van der Waals surface area (Å²) in [4.78, 5) is 25.9. The van der Waals surface area contributed by atoms with E-state index in [1.807, 2.05) is 54.3 Å². The Morgan fingerprint density at radius 3 is 2.65 bits per heavy atom. The number of nitrogens with one attached hydrogen (secondary N) is 1. The molecule has 1 heterocycles. The first-order valence-electron chi connectivity index (χ1n) is 8.99. The minimum absolute atomic E-state index is 0.0607. The molecule has 2 amide bonds. The van der Waals surface area contributed by atoms with Crippen molar-refractivity contribution in [2.24, 2.45) is 0 Å². The maximum absolute atomic E-state index is 12.2. The number of hydrogen-bond acceptors (Lipinski definition) is 2. The molecule has 0 aliphatic carbocycles. The minimum atomic E-state index is -0.137. The lowest BCUT2D eigenvalue weighted by molar-refractivity contribution is -0.117. The van der Waals surface area contributed by atoms with Crippen molar-refractivity contribution >= 4 is 23.6 Å². The third kappa shape index (κ3) is 4.20. The molecule has 1 aliphatic rings. The van der Waals surface area contributed by atoms with Crippen LogP contribution < -0.4 is 10.2 Å². The van der Waals surface area contributed by atoms with E-state index in [0.717, 1.165) is 36.2 Å². The van der Waals surface area contributed by atoms with Gasteiger partial charge in [0.05, 0.1) is 6.04 Å². The Balaban J connectivity index is 1.71. The van der Waals surface area contributed by atoms with Crippen molar-refractivity contribution in [1.29, 1.82) is 0 Å². The Labute approximate surface area is 154 Å². The van der Waals surface area contributed by atoms with E-state index in [1.165, 1.54) is 5.56 Å². The van der Waals surface area contributed by atoms with E-state index in [9.17, 15) is 9.59 Å². The molecular formula is C22H24N2O2. The van der Waals surface area contributed by atoms with E-state index >= 15 is 0 Å². The lowest BCUT2D eigenvalue weighted by Crippen LogP contribution is -2.34. The van der Waals surface area contributed by atoms with Crippen LogP contribution in [0, 0.1) is 0 Å². The van der Waals surface area contributed by atoms with E-state index in [-0.39, 0.29) is 17.9 Å². The van der Waals surface area contributed by atoms with Gasteiger partial charge in [0.1, 0.15) is 0 Å². The molecular weight excluding hydrogens is 324 g/mol. The van der Waals surface area contributed by atoms with Crippen LogP contribution in [0.4, 0.5) is 5.69 Å². The normalized spacial score (nSPS) is 14.8. The third-order valence-corrected chi connectivity index (χ3v) is 4.69. The van der Waals surface area contributed by atoms with Gasteiger partial charge in [-0.2, -0.15) is 0 Å². The van der Waals surface area contributed by atoms with E-state index in [4.69, 9.17) is 0 Å². The number of nitrogens with zero attached hydrogens (tertiary/aromatic N) is 1. The molecule has 0 spiro atoms. The zero-order valence-electron chi connectivity index (χ0n) is 15.2. The van der Waals surface area contributed by atoms with Gasteiger partial charge in [0.2, 0.25) is 11.8 Å². The number of carbonyl (C=O) groups excluding carboxylic acids is 2. The van der Waals surface area contributed by atoms with Gasteiger partial charge in [-0.15, -0.1) is 0 Å². The van der Waals surface area contributed by atoms with E-state index in [0.29, 0.717) is 0 Å². The summed E-state index contributed by atoms with van der Waals surface area (Å²) in [7, 11) is 0. The summed E-state index contributed by atoms with van der Waals surface area (Å²) < 4.78 is 0. The average molecular weight is 348 g/mol. The first-order chi connectivity index (χ1) is 12.5. The third-order valence-electron chi connectivity index (χ3n) is 4.69. The zero-order valence-corrected chi connectivity index (χ0v) is 15.2. The first kappa shape index (κ1) is 17.9. The van der Waals surface area contributed by atoms with E-state index in [2.05, 4.69) is 11.4 Å². The van der Waals surface area contributed by atoms with Crippen LogP contribution in [-0.4, -0.2) is 18.4 Å². The lowest BCUT2D eigenvalue weighted by atomic mass is 9.97. The van der Waals surface area contributed by atoms with E-state index in [1.54, 1.807) is 19.1 Å². The largest absolute Gasteiger partial charge is 0.346 e. The van der Waals surface area contributed by atoms with Gasteiger partial charge in [-0.25, -0.2) is 0 Å². The Bertz CT molecular complexity index is 827. The van der Waals surface area contributed by atoms with Crippen molar-refractivity contribution in [2.45, 2.75) is 32.7 Å². The zero-order chi connectivity index (χ0) is 18.5. The van der Waals surface area contributed by atoms with Crippen LogP contribution in [-0.2, 0) is 16.0 Å². The maximum atomic E-state index is 12.2. The van der Waals surface area contributed by atoms with Crippen LogP contribution in [0.2, 0.25) is 0 Å². The second kappa shape index (κ2) is 8.00. The van der Waals surface area contributed by atoms with Crippen molar-refractivity contribution in [3.63, 3.8) is 0 Å². The molecule has 1 N–H and O–H groups in total. The van der Waals surface area contributed by atoms with Gasteiger partial charge < -0.3 is 10.2 Å². The molecule has 1 atom stereocenters. The van der Waals surface area contributed by atoms with Crippen LogP contribution in [0.1, 0.15) is 43.0 Å². The fraction of sp³-hybridized carbons (Fsp3) is 0.273. The highest BCUT2D eigenvalue weighted by Gasteiger charge is 2.21. The van der Waals surface area contributed by atoms with Crippen molar-refractivity contribution in [2.75, 3.05) is 11.4 Å². The monoisotopic (exact) mass is 348 g/mol. The second-order valence-corrected chi connectivity index (χ2v) is 6.64. The molecule has 4 heteroatoms. The molecule has 0 saturated carbocycles.